The van der Waals surface area contributed by atoms with Gasteiger partial charge in [-0.05, 0) is 53.7 Å². The molecule has 0 aliphatic carbocycles. The molecule has 0 aromatic heterocycles. The highest BCUT2D eigenvalue weighted by molar-refractivity contribution is 7.86. The predicted octanol–water partition coefficient (Wildman–Crippen LogP) is 2.73. The summed E-state index contributed by atoms with van der Waals surface area (Å²) in [7, 11) is -4.74. The number of nitrogens with one attached hydrogen (secondary N) is 4. The van der Waals surface area contributed by atoms with E-state index in [1.165, 1.54) is 18.2 Å². The largest absolute Gasteiger partial charge is 0.537 e. The van der Waals surface area contributed by atoms with Gasteiger partial charge in [-0.25, -0.2) is 0 Å². The lowest BCUT2D eigenvalue weighted by atomic mass is 9.89. The van der Waals surface area contributed by atoms with Crippen molar-refractivity contribution in [2.45, 2.75) is 75.2 Å². The Bertz CT molecular complexity index is 904. The van der Waals surface area contributed by atoms with Gasteiger partial charge in [0, 0.05) is 26.2 Å². The molecular weight excluding hydrogens is 473 g/mol. The van der Waals surface area contributed by atoms with Gasteiger partial charge in [0.1, 0.15) is 11.1 Å². The molecule has 0 saturated carbocycles. The first kappa shape index (κ1) is 28.6. The molecule has 0 radical (unpaired) electrons. The lowest BCUT2D eigenvalue weighted by Crippen LogP contribution is -2.62. The fourth-order valence-electron chi connectivity index (χ4n) is 3.45. The second-order valence-corrected chi connectivity index (χ2v) is 11.1. The van der Waals surface area contributed by atoms with Gasteiger partial charge in [0.2, 0.25) is 0 Å². The number of nitrogens with zero attached hydrogens (tertiary/aromatic N) is 2. The number of rotatable bonds is 6. The van der Waals surface area contributed by atoms with Crippen LogP contribution in [0.2, 0.25) is 0 Å². The average molecular weight is 509 g/mol. The summed E-state index contributed by atoms with van der Waals surface area (Å²) >= 11 is 0. The summed E-state index contributed by atoms with van der Waals surface area (Å²) in [6.07, 6.45) is -5.20. The molecule has 194 valence electrons. The van der Waals surface area contributed by atoms with E-state index in [9.17, 15) is 21.6 Å². The first-order chi connectivity index (χ1) is 15.4. The van der Waals surface area contributed by atoms with Crippen molar-refractivity contribution < 1.29 is 25.8 Å². The smallest absolute Gasteiger partial charge is 0.296 e. The van der Waals surface area contributed by atoms with Crippen molar-refractivity contribution in [1.82, 2.24) is 21.3 Å². The van der Waals surface area contributed by atoms with Crippen LogP contribution in [-0.4, -0.2) is 63.4 Å². The molecule has 1 aromatic carbocycles. The van der Waals surface area contributed by atoms with Crippen LogP contribution in [0.3, 0.4) is 0 Å². The van der Waals surface area contributed by atoms with Crippen LogP contribution in [0.5, 0.6) is 0 Å². The topological polar surface area (TPSA) is 116 Å². The zero-order valence-electron chi connectivity index (χ0n) is 20.4. The first-order valence-corrected chi connectivity index (χ1v) is 12.4. The van der Waals surface area contributed by atoms with Gasteiger partial charge >= 0.3 is 16.5 Å². The van der Waals surface area contributed by atoms with Crippen LogP contribution < -0.4 is 21.3 Å². The maximum absolute atomic E-state index is 11.6. The van der Waals surface area contributed by atoms with E-state index >= 15 is 0 Å². The fraction of sp³-hybridized carbons (Fsp3) is 0.714. The molecular formula is C21H35F3N6O3S. The molecule has 0 bridgehead atoms. The lowest BCUT2D eigenvalue weighted by molar-refractivity contribution is -0.271. The molecule has 2 fully saturated rings. The van der Waals surface area contributed by atoms with Crippen molar-refractivity contribution in [2.24, 2.45) is 10.2 Å². The molecule has 1 aromatic rings. The Morgan fingerprint density at radius 1 is 0.794 bits per heavy atom. The summed E-state index contributed by atoms with van der Waals surface area (Å²) in [5.74, 6) is 0. The number of hydrogen-bond acceptors (Lipinski definition) is 9. The Morgan fingerprint density at radius 3 is 1.47 bits per heavy atom. The van der Waals surface area contributed by atoms with Gasteiger partial charge < -0.3 is 0 Å². The highest BCUT2D eigenvalue weighted by atomic mass is 32.2. The summed E-state index contributed by atoms with van der Waals surface area (Å²) in [5, 5.41) is 23.4. The Morgan fingerprint density at radius 2 is 1.15 bits per heavy atom. The highest BCUT2D eigenvalue weighted by Gasteiger charge is 2.47. The number of azo groups is 1. The zero-order chi connectivity index (χ0) is 25.9. The maximum Gasteiger partial charge on any atom is 0.537 e. The molecule has 13 heteroatoms. The molecule has 2 aliphatic heterocycles. The third-order valence-electron chi connectivity index (χ3n) is 6.40. The predicted molar refractivity (Wildman–Crippen MR) is 123 cm³/mol. The van der Waals surface area contributed by atoms with Crippen LogP contribution >= 0.6 is 0 Å². The van der Waals surface area contributed by atoms with Gasteiger partial charge in [-0.3, -0.25) is 21.3 Å². The van der Waals surface area contributed by atoms with E-state index in [2.05, 4.69) is 67.0 Å². The van der Waals surface area contributed by atoms with Gasteiger partial charge in [0.25, 0.3) is 0 Å². The van der Waals surface area contributed by atoms with Gasteiger partial charge in [-0.1, -0.05) is 18.2 Å². The Hall–Kier alpha value is -1.64. The minimum Gasteiger partial charge on any atom is -0.296 e. The van der Waals surface area contributed by atoms with Gasteiger partial charge in [-0.15, -0.1) is 13.2 Å². The molecule has 9 nitrogen and oxygen atoms in total. The minimum absolute atomic E-state index is 0.204. The SMILES string of the molecule is CC(C)(N=NC(C)(C)C1(C)NCCN1)C1(C)NCCN1.O=S(=O)(OC(F)(F)F)c1ccccc1. The van der Waals surface area contributed by atoms with E-state index in [1.807, 2.05) is 0 Å². The summed E-state index contributed by atoms with van der Waals surface area (Å²) in [5.41, 5.74) is -1.03. The molecule has 0 amide bonds. The van der Waals surface area contributed by atoms with E-state index in [-0.39, 0.29) is 22.4 Å². The minimum atomic E-state index is -5.20. The van der Waals surface area contributed by atoms with Crippen LogP contribution in [0, 0.1) is 0 Å². The van der Waals surface area contributed by atoms with E-state index in [0.29, 0.717) is 0 Å². The molecule has 0 unspecified atom stereocenters. The van der Waals surface area contributed by atoms with Crippen molar-refractivity contribution in [3.05, 3.63) is 30.3 Å². The van der Waals surface area contributed by atoms with Gasteiger partial charge in [-0.2, -0.15) is 22.8 Å². The van der Waals surface area contributed by atoms with Crippen molar-refractivity contribution in [2.75, 3.05) is 26.2 Å². The van der Waals surface area contributed by atoms with Crippen LogP contribution in [0.15, 0.2) is 45.5 Å². The molecule has 0 atom stereocenters. The summed E-state index contributed by atoms with van der Waals surface area (Å²) < 4.78 is 59.7. The molecule has 2 saturated heterocycles. The molecule has 2 aliphatic rings. The Kier molecular flexibility index (Phi) is 8.54. The van der Waals surface area contributed by atoms with Crippen molar-refractivity contribution >= 4 is 10.1 Å². The van der Waals surface area contributed by atoms with Crippen LogP contribution in [-0.2, 0) is 14.3 Å². The summed E-state index contributed by atoms with van der Waals surface area (Å²) in [4.78, 5) is -0.530. The van der Waals surface area contributed by atoms with E-state index < -0.39 is 21.4 Å². The van der Waals surface area contributed by atoms with E-state index in [4.69, 9.17) is 10.2 Å². The number of halogens is 3. The van der Waals surface area contributed by atoms with Crippen LogP contribution in [0.25, 0.3) is 0 Å². The molecule has 3 rings (SSSR count). The zero-order valence-corrected chi connectivity index (χ0v) is 21.2. The van der Waals surface area contributed by atoms with E-state index in [0.717, 1.165) is 38.3 Å². The quantitative estimate of drug-likeness (QED) is 0.345. The summed E-state index contributed by atoms with van der Waals surface area (Å²) in [6, 6.07) is 6.11. The normalized spacial score (nSPS) is 20.9. The number of benzene rings is 1. The average Bonchev–Trinajstić information content (AvgIpc) is 3.37. The molecule has 4 N–H and O–H groups in total. The Labute approximate surface area is 199 Å². The van der Waals surface area contributed by atoms with Crippen molar-refractivity contribution in [3.8, 4) is 0 Å². The third-order valence-corrected chi connectivity index (χ3v) is 7.66. The summed E-state index contributed by atoms with van der Waals surface area (Å²) in [6.45, 7) is 16.7. The number of hydrogen-bond donors (Lipinski definition) is 4. The first-order valence-electron chi connectivity index (χ1n) is 10.9. The molecule has 34 heavy (non-hydrogen) atoms. The second-order valence-electron chi connectivity index (χ2n) is 9.57. The van der Waals surface area contributed by atoms with E-state index in [1.54, 1.807) is 0 Å². The fourth-order valence-corrected chi connectivity index (χ4v) is 4.29. The monoisotopic (exact) mass is 508 g/mol. The lowest BCUT2D eigenvalue weighted by Gasteiger charge is -2.41. The van der Waals surface area contributed by atoms with Gasteiger partial charge in [0.15, 0.2) is 0 Å². The highest BCUT2D eigenvalue weighted by Crippen LogP contribution is 2.31. The molecule has 0 spiro atoms. The number of alkyl halides is 3. The molecule has 2 heterocycles. The Balaban J connectivity index is 0.000000257. The maximum atomic E-state index is 11.6. The standard InChI is InChI=1S/C14H30N6.C7H5F3O3S/c1-11(2,13(5)15-7-8-16-13)19-20-12(3,4)14(6)17-9-10-18-14;8-7(9,10)13-14(11,12)6-4-2-1-3-5-6/h15-18H,7-10H2,1-6H3;1-5H. The van der Waals surface area contributed by atoms with Crippen LogP contribution in [0.4, 0.5) is 13.2 Å². The van der Waals surface area contributed by atoms with Crippen molar-refractivity contribution in [1.29, 1.82) is 0 Å². The van der Waals surface area contributed by atoms with Gasteiger partial charge in [0.05, 0.1) is 16.2 Å². The third kappa shape index (κ3) is 6.95. The van der Waals surface area contributed by atoms with Crippen LogP contribution in [0.1, 0.15) is 41.5 Å². The van der Waals surface area contributed by atoms with Crippen molar-refractivity contribution in [3.63, 3.8) is 0 Å². The second kappa shape index (κ2) is 10.2.